The number of halogens is 1. The number of ether oxygens (including phenoxy) is 2. The maximum absolute atomic E-state index is 11.8. The fourth-order valence-electron chi connectivity index (χ4n) is 3.68. The molecule has 0 aliphatic carbocycles. The summed E-state index contributed by atoms with van der Waals surface area (Å²) in [5.74, 6) is 1.07. The van der Waals surface area contributed by atoms with Crippen LogP contribution in [0.1, 0.15) is 30.7 Å². The van der Waals surface area contributed by atoms with E-state index in [-0.39, 0.29) is 5.91 Å². The van der Waals surface area contributed by atoms with E-state index in [4.69, 9.17) is 9.47 Å². The number of alkyl halides is 1. The van der Waals surface area contributed by atoms with Gasteiger partial charge in [0.05, 0.1) is 34.8 Å². The zero-order valence-electron chi connectivity index (χ0n) is 19.8. The van der Waals surface area contributed by atoms with Crippen molar-refractivity contribution in [1.29, 1.82) is 5.26 Å². The fourth-order valence-corrected chi connectivity index (χ4v) is 4.28. The average Bonchev–Trinajstić information content (AvgIpc) is 2.89. The molecule has 8 nitrogen and oxygen atoms in total. The number of pyridine rings is 2. The van der Waals surface area contributed by atoms with Gasteiger partial charge in [-0.15, -0.1) is 0 Å². The van der Waals surface area contributed by atoms with Gasteiger partial charge in [0.2, 0.25) is 5.91 Å². The van der Waals surface area contributed by atoms with E-state index in [9.17, 15) is 10.1 Å². The molecule has 0 saturated carbocycles. The summed E-state index contributed by atoms with van der Waals surface area (Å²) >= 11 is 2.30. The second kappa shape index (κ2) is 11.7. The van der Waals surface area contributed by atoms with Crippen LogP contribution in [0.5, 0.6) is 11.5 Å². The first-order valence-corrected chi connectivity index (χ1v) is 12.8. The molecule has 1 amide bonds. The summed E-state index contributed by atoms with van der Waals surface area (Å²) in [6.45, 7) is 4.12. The molecule has 0 saturated heterocycles. The number of nitrogens with zero attached hydrogens (tertiary/aromatic N) is 3. The quantitative estimate of drug-likeness (QED) is 0.178. The molecule has 0 radical (unpaired) electrons. The van der Waals surface area contributed by atoms with Gasteiger partial charge >= 0.3 is 0 Å². The third-order valence-electron chi connectivity index (χ3n) is 5.28. The van der Waals surface area contributed by atoms with Gasteiger partial charge in [-0.05, 0) is 43.3 Å². The van der Waals surface area contributed by atoms with Crippen molar-refractivity contribution in [3.8, 4) is 17.6 Å². The topological polar surface area (TPSA) is 109 Å². The molecule has 182 valence electrons. The third-order valence-corrected chi connectivity index (χ3v) is 6.10. The lowest BCUT2D eigenvalue weighted by Crippen LogP contribution is -2.08. The van der Waals surface area contributed by atoms with Gasteiger partial charge in [-0.1, -0.05) is 28.7 Å². The molecule has 2 aromatic carbocycles. The number of carbonyl (C=O) groups excluding carboxylic acids is 1. The second-order valence-electron chi connectivity index (χ2n) is 7.83. The van der Waals surface area contributed by atoms with Crippen LogP contribution in [0.4, 0.5) is 17.1 Å². The van der Waals surface area contributed by atoms with E-state index in [0.717, 1.165) is 27.1 Å². The van der Waals surface area contributed by atoms with Crippen LogP contribution in [-0.2, 0) is 15.8 Å². The van der Waals surface area contributed by atoms with E-state index in [0.29, 0.717) is 46.8 Å². The van der Waals surface area contributed by atoms with Crippen molar-refractivity contribution in [2.75, 3.05) is 17.2 Å². The lowest BCUT2D eigenvalue weighted by molar-refractivity contribution is -0.114. The van der Waals surface area contributed by atoms with Gasteiger partial charge < -0.3 is 20.1 Å². The average molecular weight is 593 g/mol. The first-order chi connectivity index (χ1) is 17.5. The van der Waals surface area contributed by atoms with Crippen LogP contribution in [0, 0.1) is 11.3 Å². The molecule has 36 heavy (non-hydrogen) atoms. The van der Waals surface area contributed by atoms with E-state index in [2.05, 4.69) is 49.3 Å². The van der Waals surface area contributed by atoms with Crippen LogP contribution < -0.4 is 20.1 Å². The summed E-state index contributed by atoms with van der Waals surface area (Å²) in [5.41, 5.74) is 4.78. The highest BCUT2D eigenvalue weighted by Crippen LogP contribution is 2.37. The number of aromatic nitrogens is 2. The Kier molecular flexibility index (Phi) is 8.17. The van der Waals surface area contributed by atoms with E-state index in [1.54, 1.807) is 18.3 Å². The Morgan fingerprint density at radius 1 is 1.11 bits per heavy atom. The van der Waals surface area contributed by atoms with Crippen molar-refractivity contribution >= 4 is 56.5 Å². The van der Waals surface area contributed by atoms with Crippen LogP contribution in [0.3, 0.4) is 0 Å². The van der Waals surface area contributed by atoms with Crippen molar-refractivity contribution in [3.05, 3.63) is 77.7 Å². The molecule has 0 spiro atoms. The van der Waals surface area contributed by atoms with Gasteiger partial charge in [-0.25, -0.2) is 0 Å². The zero-order valence-corrected chi connectivity index (χ0v) is 22.0. The van der Waals surface area contributed by atoms with Gasteiger partial charge in [-0.2, -0.15) is 5.26 Å². The molecule has 0 bridgehead atoms. The van der Waals surface area contributed by atoms with Crippen molar-refractivity contribution in [1.82, 2.24) is 9.97 Å². The molecule has 2 aromatic heterocycles. The number of anilines is 3. The van der Waals surface area contributed by atoms with Crippen LogP contribution in [0.15, 0.2) is 60.9 Å². The van der Waals surface area contributed by atoms with Crippen LogP contribution in [-0.4, -0.2) is 22.5 Å². The van der Waals surface area contributed by atoms with E-state index >= 15 is 0 Å². The fraction of sp³-hybridized carbons (Fsp3) is 0.185. The predicted molar refractivity (Wildman–Crippen MR) is 148 cm³/mol. The third kappa shape index (κ3) is 5.83. The molecule has 9 heteroatoms. The van der Waals surface area contributed by atoms with Crippen molar-refractivity contribution in [3.63, 3.8) is 0 Å². The van der Waals surface area contributed by atoms with Crippen LogP contribution >= 0.6 is 22.6 Å². The highest BCUT2D eigenvalue weighted by molar-refractivity contribution is 14.1. The Morgan fingerprint density at radius 3 is 2.67 bits per heavy atom. The monoisotopic (exact) mass is 593 g/mol. The predicted octanol–water partition coefficient (Wildman–Crippen LogP) is 6.12. The van der Waals surface area contributed by atoms with Crippen molar-refractivity contribution in [2.24, 2.45) is 0 Å². The van der Waals surface area contributed by atoms with E-state index in [1.165, 1.54) is 13.1 Å². The lowest BCUT2D eigenvalue weighted by Gasteiger charge is -2.17. The van der Waals surface area contributed by atoms with E-state index < -0.39 is 0 Å². The molecular formula is C27H24IN5O3. The van der Waals surface area contributed by atoms with E-state index in [1.807, 2.05) is 43.3 Å². The number of nitriles is 1. The Bertz CT molecular complexity index is 1440. The van der Waals surface area contributed by atoms with Crippen LogP contribution in [0.2, 0.25) is 0 Å². The SMILES string of the molecule is CCOc1cc2ncc(C#N)c(Nc3ccc(OCc4ccccn4)c(CI)c3)c2cc1NC(C)=O. The number of carbonyl (C=O) groups is 1. The normalized spacial score (nSPS) is 10.5. The summed E-state index contributed by atoms with van der Waals surface area (Å²) in [5, 5.41) is 16.7. The number of benzene rings is 2. The van der Waals surface area contributed by atoms with Gasteiger partial charge in [0.15, 0.2) is 0 Å². The molecule has 0 unspecified atom stereocenters. The first-order valence-electron chi connectivity index (χ1n) is 11.3. The molecule has 4 aromatic rings. The molecule has 2 N–H and O–H groups in total. The molecule has 0 fully saturated rings. The van der Waals surface area contributed by atoms with Gasteiger partial charge in [0.1, 0.15) is 24.2 Å². The largest absolute Gasteiger partial charge is 0.492 e. The number of fused-ring (bicyclic) bond motifs is 1. The minimum absolute atomic E-state index is 0.220. The Morgan fingerprint density at radius 2 is 1.97 bits per heavy atom. The maximum Gasteiger partial charge on any atom is 0.221 e. The first kappa shape index (κ1) is 25.2. The summed E-state index contributed by atoms with van der Waals surface area (Å²) < 4.78 is 12.4. The molecule has 0 aliphatic heterocycles. The van der Waals surface area contributed by atoms with Crippen LogP contribution in [0.25, 0.3) is 10.9 Å². The van der Waals surface area contributed by atoms with Gasteiger partial charge in [0, 0.05) is 46.4 Å². The second-order valence-corrected chi connectivity index (χ2v) is 8.59. The number of amides is 1. The Hall–Kier alpha value is -3.91. The summed E-state index contributed by atoms with van der Waals surface area (Å²) in [7, 11) is 0. The highest BCUT2D eigenvalue weighted by atomic mass is 127. The van der Waals surface area contributed by atoms with Crippen molar-refractivity contribution < 1.29 is 14.3 Å². The number of hydrogen-bond donors (Lipinski definition) is 2. The number of hydrogen-bond acceptors (Lipinski definition) is 7. The maximum atomic E-state index is 11.8. The molecule has 0 aliphatic rings. The standard InChI is InChI=1S/C27H24IN5O3/c1-3-35-26-12-23-22(11-24(26)32-17(2)34)27(19(14-29)15-31-23)33-20-7-8-25(18(10-20)13-28)36-16-21-6-4-5-9-30-21/h4-12,15H,3,13,16H2,1-2H3,(H,31,33)(H,32,34). The summed E-state index contributed by atoms with van der Waals surface area (Å²) in [6.07, 6.45) is 3.27. The Balaban J connectivity index is 1.70. The smallest absolute Gasteiger partial charge is 0.221 e. The molecular weight excluding hydrogens is 569 g/mol. The highest BCUT2D eigenvalue weighted by Gasteiger charge is 2.15. The minimum Gasteiger partial charge on any atom is -0.492 e. The minimum atomic E-state index is -0.220. The summed E-state index contributed by atoms with van der Waals surface area (Å²) in [6, 6.07) is 17.3. The molecule has 2 heterocycles. The van der Waals surface area contributed by atoms with Gasteiger partial charge in [-0.3, -0.25) is 14.8 Å². The number of nitrogens with one attached hydrogen (secondary N) is 2. The van der Waals surface area contributed by atoms with Crippen molar-refractivity contribution in [2.45, 2.75) is 24.9 Å². The Labute approximate surface area is 222 Å². The number of rotatable bonds is 9. The zero-order chi connectivity index (χ0) is 25.5. The molecule has 4 rings (SSSR count). The molecule has 0 atom stereocenters. The van der Waals surface area contributed by atoms with Gasteiger partial charge in [0.25, 0.3) is 0 Å². The summed E-state index contributed by atoms with van der Waals surface area (Å²) in [4.78, 5) is 20.5. The lowest BCUT2D eigenvalue weighted by atomic mass is 10.1.